The molecule has 0 spiro atoms. The van der Waals surface area contributed by atoms with Crippen LogP contribution in [0.1, 0.15) is 12.8 Å². The van der Waals surface area contributed by atoms with Crippen LogP contribution in [0.3, 0.4) is 0 Å². The van der Waals surface area contributed by atoms with Crippen LogP contribution in [0.25, 0.3) is 0 Å². The molecule has 1 aliphatic heterocycles. The molecular weight excluding hydrogens is 220 g/mol. The Morgan fingerprint density at radius 1 is 1.38 bits per heavy atom. The van der Waals surface area contributed by atoms with E-state index in [1.165, 1.54) is 0 Å². The highest BCUT2D eigenvalue weighted by molar-refractivity contribution is 8.15. The molecule has 0 atom stereocenters. The second kappa shape index (κ2) is 3.43. The third kappa shape index (κ3) is 1.79. The summed E-state index contributed by atoms with van der Waals surface area (Å²) in [5.74, 6) is -1.40. The third-order valence-corrected chi connectivity index (χ3v) is 4.56. The lowest BCUT2D eigenvalue weighted by Crippen LogP contribution is -2.48. The number of ether oxygens (including phenoxy) is 1. The molecule has 13 heavy (non-hydrogen) atoms. The Morgan fingerprint density at radius 2 is 1.85 bits per heavy atom. The van der Waals surface area contributed by atoms with Gasteiger partial charge in [0.15, 0.2) is 4.75 Å². The second-order valence-corrected chi connectivity index (χ2v) is 5.73. The molecule has 76 valence electrons. The minimum absolute atomic E-state index is 0.0891. The molecule has 0 aromatic heterocycles. The molecule has 0 amide bonds. The van der Waals surface area contributed by atoms with Crippen LogP contribution in [-0.4, -0.2) is 37.5 Å². The van der Waals surface area contributed by atoms with Gasteiger partial charge in [-0.05, 0) is 0 Å². The number of carboxylic acid groups (broad SMARTS) is 1. The van der Waals surface area contributed by atoms with E-state index >= 15 is 0 Å². The first-order chi connectivity index (χ1) is 5.90. The first kappa shape index (κ1) is 10.7. The van der Waals surface area contributed by atoms with Gasteiger partial charge in [0.2, 0.25) is 9.05 Å². The van der Waals surface area contributed by atoms with Gasteiger partial charge in [0.25, 0.3) is 0 Å². The van der Waals surface area contributed by atoms with Crippen LogP contribution >= 0.6 is 10.7 Å². The fourth-order valence-corrected chi connectivity index (χ4v) is 2.79. The Hall–Kier alpha value is -0.330. The molecular formula is C6H9ClO5S. The smallest absolute Gasteiger partial charge is 0.326 e. The third-order valence-electron chi connectivity index (χ3n) is 2.16. The summed E-state index contributed by atoms with van der Waals surface area (Å²) < 4.78 is 25.2. The van der Waals surface area contributed by atoms with Crippen molar-refractivity contribution in [3.8, 4) is 0 Å². The van der Waals surface area contributed by atoms with Crippen LogP contribution in [0.4, 0.5) is 0 Å². The number of carboxylic acids is 1. The predicted molar refractivity (Wildman–Crippen MR) is 45.2 cm³/mol. The van der Waals surface area contributed by atoms with Crippen molar-refractivity contribution in [1.29, 1.82) is 0 Å². The highest BCUT2D eigenvalue weighted by atomic mass is 35.7. The van der Waals surface area contributed by atoms with Crippen LogP contribution < -0.4 is 0 Å². The zero-order valence-electron chi connectivity index (χ0n) is 6.69. The molecule has 0 aromatic carbocycles. The number of rotatable bonds is 2. The highest BCUT2D eigenvalue weighted by Gasteiger charge is 2.51. The molecule has 1 saturated heterocycles. The molecule has 0 bridgehead atoms. The van der Waals surface area contributed by atoms with Crippen LogP contribution in [0.15, 0.2) is 0 Å². The summed E-state index contributed by atoms with van der Waals surface area (Å²) in [6.45, 7) is 0.219. The zero-order chi connectivity index (χ0) is 10.1. The Labute approximate surface area is 80.1 Å². The quantitative estimate of drug-likeness (QED) is 0.683. The summed E-state index contributed by atoms with van der Waals surface area (Å²) >= 11 is 0. The van der Waals surface area contributed by atoms with Gasteiger partial charge in [-0.1, -0.05) is 0 Å². The van der Waals surface area contributed by atoms with Gasteiger partial charge in [-0.25, -0.2) is 8.42 Å². The average molecular weight is 229 g/mol. The van der Waals surface area contributed by atoms with Gasteiger partial charge in [0.05, 0.1) is 0 Å². The van der Waals surface area contributed by atoms with Crippen molar-refractivity contribution in [2.24, 2.45) is 0 Å². The van der Waals surface area contributed by atoms with Crippen molar-refractivity contribution < 1.29 is 23.1 Å². The minimum atomic E-state index is -4.09. The van der Waals surface area contributed by atoms with Crippen molar-refractivity contribution in [2.45, 2.75) is 17.6 Å². The van der Waals surface area contributed by atoms with Crippen LogP contribution in [0.5, 0.6) is 0 Å². The van der Waals surface area contributed by atoms with E-state index in [0.717, 1.165) is 0 Å². The molecule has 0 unspecified atom stereocenters. The fraction of sp³-hybridized carbons (Fsp3) is 0.833. The number of carbonyl (C=O) groups is 1. The summed E-state index contributed by atoms with van der Waals surface area (Å²) in [7, 11) is 1.01. The molecule has 0 aromatic rings. The number of hydrogen-bond acceptors (Lipinski definition) is 4. The second-order valence-electron chi connectivity index (χ2n) is 2.85. The van der Waals surface area contributed by atoms with Gasteiger partial charge in [-0.3, -0.25) is 4.79 Å². The molecule has 1 N–H and O–H groups in total. The number of hydrogen-bond donors (Lipinski definition) is 1. The molecule has 7 heteroatoms. The SMILES string of the molecule is O=C(O)C1(S(=O)(=O)Cl)CCOCC1. The summed E-state index contributed by atoms with van der Waals surface area (Å²) in [5.41, 5.74) is 0. The van der Waals surface area contributed by atoms with Gasteiger partial charge >= 0.3 is 5.97 Å². The Balaban J connectivity index is 3.07. The van der Waals surface area contributed by atoms with Crippen molar-refractivity contribution in [3.05, 3.63) is 0 Å². The summed E-state index contributed by atoms with van der Waals surface area (Å²) in [6.07, 6.45) is -0.178. The molecule has 1 heterocycles. The van der Waals surface area contributed by atoms with Crippen molar-refractivity contribution >= 4 is 25.7 Å². The Morgan fingerprint density at radius 3 is 2.08 bits per heavy atom. The largest absolute Gasteiger partial charge is 0.480 e. The Kier molecular flexibility index (Phi) is 2.84. The molecule has 1 aliphatic rings. The summed E-state index contributed by atoms with van der Waals surface area (Å²) in [6, 6.07) is 0. The van der Waals surface area contributed by atoms with Crippen LogP contribution in [0.2, 0.25) is 0 Å². The van der Waals surface area contributed by atoms with E-state index in [1.54, 1.807) is 0 Å². The van der Waals surface area contributed by atoms with Gasteiger partial charge in [-0.15, -0.1) is 0 Å². The van der Waals surface area contributed by atoms with E-state index in [2.05, 4.69) is 0 Å². The molecule has 5 nitrogen and oxygen atoms in total. The first-order valence-corrected chi connectivity index (χ1v) is 5.96. The first-order valence-electron chi connectivity index (χ1n) is 3.65. The lowest BCUT2D eigenvalue weighted by Gasteiger charge is -2.29. The van der Waals surface area contributed by atoms with E-state index in [0.29, 0.717) is 0 Å². The summed E-state index contributed by atoms with van der Waals surface area (Å²) in [4.78, 5) is 10.8. The van der Waals surface area contributed by atoms with E-state index < -0.39 is 19.8 Å². The predicted octanol–water partition coefficient (Wildman–Crippen LogP) is 0.189. The molecule has 0 radical (unpaired) electrons. The van der Waals surface area contributed by atoms with Gasteiger partial charge in [-0.2, -0.15) is 0 Å². The van der Waals surface area contributed by atoms with Crippen molar-refractivity contribution in [1.82, 2.24) is 0 Å². The monoisotopic (exact) mass is 228 g/mol. The standard InChI is InChI=1S/C6H9ClO5S/c7-13(10,11)6(5(8)9)1-3-12-4-2-6/h1-4H2,(H,8,9). The van der Waals surface area contributed by atoms with E-state index in [9.17, 15) is 13.2 Å². The summed E-state index contributed by atoms with van der Waals surface area (Å²) in [5, 5.41) is 8.81. The molecule has 1 rings (SSSR count). The van der Waals surface area contributed by atoms with E-state index in [4.69, 9.17) is 20.5 Å². The van der Waals surface area contributed by atoms with Crippen molar-refractivity contribution in [3.63, 3.8) is 0 Å². The topological polar surface area (TPSA) is 80.7 Å². The maximum atomic E-state index is 11.1. The van der Waals surface area contributed by atoms with Crippen LogP contribution in [-0.2, 0) is 18.6 Å². The number of aliphatic carboxylic acids is 1. The highest BCUT2D eigenvalue weighted by Crippen LogP contribution is 2.32. The van der Waals surface area contributed by atoms with Gasteiger partial charge < -0.3 is 9.84 Å². The Bertz CT molecular complexity index is 303. The maximum Gasteiger partial charge on any atom is 0.326 e. The fourth-order valence-electron chi connectivity index (χ4n) is 1.26. The maximum absolute atomic E-state index is 11.1. The van der Waals surface area contributed by atoms with E-state index in [1.807, 2.05) is 0 Å². The molecule has 1 fully saturated rings. The molecule has 0 saturated carbocycles. The zero-order valence-corrected chi connectivity index (χ0v) is 8.27. The molecule has 0 aliphatic carbocycles. The van der Waals surface area contributed by atoms with Crippen LogP contribution in [0, 0.1) is 0 Å². The van der Waals surface area contributed by atoms with E-state index in [-0.39, 0.29) is 26.1 Å². The lowest BCUT2D eigenvalue weighted by molar-refractivity contribution is -0.142. The van der Waals surface area contributed by atoms with Gasteiger partial charge in [0.1, 0.15) is 0 Å². The lowest BCUT2D eigenvalue weighted by atomic mass is 10.00. The number of halogens is 1. The normalized spacial score (nSPS) is 22.5. The average Bonchev–Trinajstić information content (AvgIpc) is 2.03. The minimum Gasteiger partial charge on any atom is -0.480 e. The van der Waals surface area contributed by atoms with Crippen molar-refractivity contribution in [2.75, 3.05) is 13.2 Å². The van der Waals surface area contributed by atoms with Gasteiger partial charge in [0, 0.05) is 36.7 Å².